The Morgan fingerprint density at radius 3 is 2.53 bits per heavy atom. The maximum atomic E-state index is 11.1. The Labute approximate surface area is 86.8 Å². The lowest BCUT2D eigenvalue weighted by Gasteiger charge is -2.07. The van der Waals surface area contributed by atoms with Gasteiger partial charge in [0.2, 0.25) is 15.9 Å². The van der Waals surface area contributed by atoms with Crippen molar-refractivity contribution < 1.29 is 18.3 Å². The maximum absolute atomic E-state index is 11.1. The van der Waals surface area contributed by atoms with Crippen molar-refractivity contribution in [1.29, 1.82) is 0 Å². The highest BCUT2D eigenvalue weighted by atomic mass is 32.2. The fraction of sp³-hybridized carbons (Fsp3) is 0.125. The number of hydrogen-bond acceptors (Lipinski definition) is 4. The van der Waals surface area contributed by atoms with Crippen molar-refractivity contribution in [2.75, 3.05) is 11.9 Å². The number of amides is 1. The average molecular weight is 230 g/mol. The molecule has 0 radical (unpaired) electrons. The van der Waals surface area contributed by atoms with Crippen LogP contribution in [-0.2, 0) is 14.8 Å². The number of sulfonamides is 1. The number of aliphatic hydroxyl groups excluding tert-OH is 1. The van der Waals surface area contributed by atoms with Gasteiger partial charge in [-0.2, -0.15) is 0 Å². The van der Waals surface area contributed by atoms with E-state index in [2.05, 4.69) is 5.32 Å². The first-order valence-electron chi connectivity index (χ1n) is 3.97. The summed E-state index contributed by atoms with van der Waals surface area (Å²) in [5.41, 5.74) is 0.0547. The van der Waals surface area contributed by atoms with Gasteiger partial charge in [-0.1, -0.05) is 12.1 Å². The normalized spacial score (nSPS) is 11.1. The van der Waals surface area contributed by atoms with E-state index < -0.39 is 22.5 Å². The first kappa shape index (κ1) is 11.6. The molecule has 0 aliphatic rings. The molecule has 0 saturated heterocycles. The summed E-state index contributed by atoms with van der Waals surface area (Å²) in [6.07, 6.45) is 0. The Morgan fingerprint density at radius 1 is 1.40 bits per heavy atom. The molecule has 4 N–H and O–H groups in total. The Morgan fingerprint density at radius 2 is 2.00 bits per heavy atom. The molecule has 0 atom stereocenters. The highest BCUT2D eigenvalue weighted by molar-refractivity contribution is 7.89. The predicted octanol–water partition coefficient (Wildman–Crippen LogP) is -0.735. The largest absolute Gasteiger partial charge is 0.387 e. The molecule has 0 saturated carbocycles. The van der Waals surface area contributed by atoms with Crippen LogP contribution in [0.5, 0.6) is 0 Å². The summed E-state index contributed by atoms with van der Waals surface area (Å²) in [5, 5.41) is 15.6. The Hall–Kier alpha value is -1.44. The van der Waals surface area contributed by atoms with Crippen LogP contribution in [0.1, 0.15) is 0 Å². The maximum Gasteiger partial charge on any atom is 0.250 e. The average Bonchev–Trinajstić information content (AvgIpc) is 2.17. The van der Waals surface area contributed by atoms with Gasteiger partial charge in [-0.15, -0.1) is 0 Å². The van der Waals surface area contributed by atoms with E-state index in [0.717, 1.165) is 0 Å². The van der Waals surface area contributed by atoms with Gasteiger partial charge < -0.3 is 10.4 Å². The van der Waals surface area contributed by atoms with Gasteiger partial charge >= 0.3 is 0 Å². The highest BCUT2D eigenvalue weighted by Gasteiger charge is 2.14. The number of aliphatic hydroxyl groups is 1. The fourth-order valence-corrected chi connectivity index (χ4v) is 1.70. The summed E-state index contributed by atoms with van der Waals surface area (Å²) in [5.74, 6) is -0.703. The summed E-state index contributed by atoms with van der Waals surface area (Å²) < 4.78 is 22.2. The van der Waals surface area contributed by atoms with E-state index in [-0.39, 0.29) is 10.6 Å². The molecule has 15 heavy (non-hydrogen) atoms. The van der Waals surface area contributed by atoms with Gasteiger partial charge in [0.05, 0.1) is 5.69 Å². The second kappa shape index (κ2) is 4.39. The topological polar surface area (TPSA) is 109 Å². The standard InChI is InChI=1S/C8H10N2O4S/c9-15(13,14)7-4-2-1-3-6(7)10-8(12)5-11/h1-4,11H,5H2,(H,10,12)(H2,9,13,14). The molecule has 0 aliphatic heterocycles. The van der Waals surface area contributed by atoms with E-state index in [4.69, 9.17) is 10.2 Å². The fourth-order valence-electron chi connectivity index (χ4n) is 1.01. The summed E-state index contributed by atoms with van der Waals surface area (Å²) in [6.45, 7) is -0.723. The molecular formula is C8H10N2O4S. The van der Waals surface area contributed by atoms with Gasteiger partial charge in [-0.25, -0.2) is 13.6 Å². The minimum absolute atomic E-state index is 0.0547. The van der Waals surface area contributed by atoms with E-state index >= 15 is 0 Å². The molecule has 0 unspecified atom stereocenters. The molecule has 0 bridgehead atoms. The number of anilines is 1. The second-order valence-corrected chi connectivity index (χ2v) is 4.28. The molecule has 0 aromatic heterocycles. The minimum Gasteiger partial charge on any atom is -0.387 e. The van der Waals surface area contributed by atoms with Gasteiger partial charge in [0, 0.05) is 0 Å². The van der Waals surface area contributed by atoms with Gasteiger partial charge in [0.15, 0.2) is 0 Å². The Kier molecular flexibility index (Phi) is 3.40. The van der Waals surface area contributed by atoms with E-state index in [0.29, 0.717) is 0 Å². The zero-order chi connectivity index (χ0) is 11.5. The highest BCUT2D eigenvalue weighted by Crippen LogP contribution is 2.18. The number of nitrogens with two attached hydrogens (primary N) is 1. The van der Waals surface area contributed by atoms with Crippen LogP contribution in [-0.4, -0.2) is 26.0 Å². The van der Waals surface area contributed by atoms with Crippen molar-refractivity contribution >= 4 is 21.6 Å². The number of carbonyl (C=O) groups is 1. The number of para-hydroxylation sites is 1. The van der Waals surface area contributed by atoms with Crippen LogP contribution in [0.25, 0.3) is 0 Å². The summed E-state index contributed by atoms with van der Waals surface area (Å²) >= 11 is 0. The van der Waals surface area contributed by atoms with Gasteiger partial charge in [-0.05, 0) is 12.1 Å². The summed E-state index contributed by atoms with van der Waals surface area (Å²) in [4.78, 5) is 10.7. The van der Waals surface area contributed by atoms with Crippen LogP contribution < -0.4 is 10.5 Å². The number of rotatable bonds is 3. The number of benzene rings is 1. The number of nitrogens with one attached hydrogen (secondary N) is 1. The lowest BCUT2D eigenvalue weighted by molar-refractivity contribution is -0.118. The van der Waals surface area contributed by atoms with Gasteiger partial charge in [-0.3, -0.25) is 4.79 Å². The van der Waals surface area contributed by atoms with E-state index in [1.54, 1.807) is 6.07 Å². The van der Waals surface area contributed by atoms with E-state index in [1.807, 2.05) is 0 Å². The van der Waals surface area contributed by atoms with Crippen molar-refractivity contribution in [1.82, 2.24) is 0 Å². The van der Waals surface area contributed by atoms with E-state index in [9.17, 15) is 13.2 Å². The molecule has 0 spiro atoms. The van der Waals surface area contributed by atoms with Crippen LogP contribution in [0.2, 0.25) is 0 Å². The molecule has 1 aromatic carbocycles. The molecule has 0 aliphatic carbocycles. The van der Waals surface area contributed by atoms with Crippen LogP contribution in [0.3, 0.4) is 0 Å². The van der Waals surface area contributed by atoms with Crippen molar-refractivity contribution in [3.8, 4) is 0 Å². The van der Waals surface area contributed by atoms with Crippen molar-refractivity contribution in [2.24, 2.45) is 5.14 Å². The smallest absolute Gasteiger partial charge is 0.250 e. The Bertz CT molecular complexity index is 469. The summed E-state index contributed by atoms with van der Waals surface area (Å²) in [7, 11) is -3.88. The minimum atomic E-state index is -3.88. The summed E-state index contributed by atoms with van der Waals surface area (Å²) in [6, 6.07) is 5.67. The number of carbonyl (C=O) groups excluding carboxylic acids is 1. The zero-order valence-corrected chi connectivity index (χ0v) is 8.49. The molecule has 82 valence electrons. The molecular weight excluding hydrogens is 220 g/mol. The second-order valence-electron chi connectivity index (χ2n) is 2.75. The molecule has 0 heterocycles. The van der Waals surface area contributed by atoms with E-state index in [1.165, 1.54) is 18.2 Å². The monoisotopic (exact) mass is 230 g/mol. The first-order chi connectivity index (χ1) is 6.95. The molecule has 1 rings (SSSR count). The lowest BCUT2D eigenvalue weighted by atomic mass is 10.3. The molecule has 1 amide bonds. The van der Waals surface area contributed by atoms with Crippen LogP contribution >= 0.6 is 0 Å². The molecule has 7 heteroatoms. The zero-order valence-electron chi connectivity index (χ0n) is 7.67. The predicted molar refractivity (Wildman–Crippen MR) is 53.5 cm³/mol. The van der Waals surface area contributed by atoms with Crippen LogP contribution in [0.4, 0.5) is 5.69 Å². The van der Waals surface area contributed by atoms with Crippen molar-refractivity contribution in [3.63, 3.8) is 0 Å². The van der Waals surface area contributed by atoms with Crippen molar-refractivity contribution in [2.45, 2.75) is 4.90 Å². The number of primary sulfonamides is 1. The van der Waals surface area contributed by atoms with Crippen LogP contribution in [0, 0.1) is 0 Å². The molecule has 0 fully saturated rings. The quantitative estimate of drug-likeness (QED) is 0.635. The van der Waals surface area contributed by atoms with Crippen molar-refractivity contribution in [3.05, 3.63) is 24.3 Å². The first-order valence-corrected chi connectivity index (χ1v) is 5.52. The third kappa shape index (κ3) is 3.01. The third-order valence-corrected chi connectivity index (χ3v) is 2.58. The molecule has 1 aromatic rings. The number of hydrogen-bond donors (Lipinski definition) is 3. The third-order valence-electron chi connectivity index (χ3n) is 1.61. The SMILES string of the molecule is NS(=O)(=O)c1ccccc1NC(=O)CO. The van der Waals surface area contributed by atoms with Crippen LogP contribution in [0.15, 0.2) is 29.2 Å². The molecule has 6 nitrogen and oxygen atoms in total. The van der Waals surface area contributed by atoms with Gasteiger partial charge in [0.25, 0.3) is 0 Å². The Balaban J connectivity index is 3.13. The van der Waals surface area contributed by atoms with Gasteiger partial charge in [0.1, 0.15) is 11.5 Å². The lowest BCUT2D eigenvalue weighted by Crippen LogP contribution is -2.20.